The van der Waals surface area contributed by atoms with Crippen LogP contribution in [0.3, 0.4) is 0 Å². The van der Waals surface area contributed by atoms with Crippen LogP contribution in [0.15, 0.2) is 48.5 Å². The minimum atomic E-state index is -0.567. The van der Waals surface area contributed by atoms with E-state index in [1.54, 1.807) is 23.9 Å². The monoisotopic (exact) mass is 370 g/mol. The number of hydrogen-bond donors (Lipinski definition) is 2. The summed E-state index contributed by atoms with van der Waals surface area (Å²) in [7, 11) is 0. The SMILES string of the molecule is CCc1ccc(NC(=O)[C@H](CCSC)NC(=O)c2ccc(C)cc2)cc1. The lowest BCUT2D eigenvalue weighted by Gasteiger charge is -2.18. The number of anilines is 1. The fraction of sp³-hybridized carbons (Fsp3) is 0.333. The molecule has 1 atom stereocenters. The number of benzene rings is 2. The number of carbonyl (C=O) groups excluding carboxylic acids is 2. The van der Waals surface area contributed by atoms with E-state index in [4.69, 9.17) is 0 Å². The molecule has 0 heterocycles. The van der Waals surface area contributed by atoms with E-state index < -0.39 is 6.04 Å². The third-order valence-corrected chi connectivity index (χ3v) is 4.82. The van der Waals surface area contributed by atoms with Crippen LogP contribution in [0, 0.1) is 6.92 Å². The van der Waals surface area contributed by atoms with Gasteiger partial charge >= 0.3 is 0 Å². The Morgan fingerprint density at radius 3 is 2.27 bits per heavy atom. The second-order valence-corrected chi connectivity index (χ2v) is 7.20. The van der Waals surface area contributed by atoms with Gasteiger partial charge in [0.2, 0.25) is 5.91 Å². The maximum Gasteiger partial charge on any atom is 0.251 e. The van der Waals surface area contributed by atoms with E-state index in [-0.39, 0.29) is 11.8 Å². The summed E-state index contributed by atoms with van der Waals surface area (Å²) in [6.45, 7) is 4.06. The highest BCUT2D eigenvalue weighted by Gasteiger charge is 2.21. The second-order valence-electron chi connectivity index (χ2n) is 6.21. The standard InChI is InChI=1S/C21H26N2O2S/c1-4-16-7-11-18(12-8-16)22-21(25)19(13-14-26-3)23-20(24)17-9-5-15(2)6-10-17/h5-12,19H,4,13-14H2,1-3H3,(H,22,25)(H,23,24)/t19-/m0/s1. The first kappa shape index (κ1) is 20.0. The third-order valence-electron chi connectivity index (χ3n) is 4.18. The van der Waals surface area contributed by atoms with Crippen molar-refractivity contribution in [1.29, 1.82) is 0 Å². The normalized spacial score (nSPS) is 11.7. The van der Waals surface area contributed by atoms with Crippen LogP contribution in [0.25, 0.3) is 0 Å². The maximum atomic E-state index is 12.7. The van der Waals surface area contributed by atoms with Crippen molar-refractivity contribution in [3.63, 3.8) is 0 Å². The number of hydrogen-bond acceptors (Lipinski definition) is 3. The predicted octanol–water partition coefficient (Wildman–Crippen LogP) is 4.05. The quantitative estimate of drug-likeness (QED) is 0.737. The largest absolute Gasteiger partial charge is 0.340 e. The summed E-state index contributed by atoms with van der Waals surface area (Å²) < 4.78 is 0. The van der Waals surface area contributed by atoms with Crippen LogP contribution < -0.4 is 10.6 Å². The van der Waals surface area contributed by atoms with Gasteiger partial charge < -0.3 is 10.6 Å². The predicted molar refractivity (Wildman–Crippen MR) is 110 cm³/mol. The first-order valence-corrected chi connectivity index (χ1v) is 10.2. The van der Waals surface area contributed by atoms with Crippen LogP contribution in [0.1, 0.15) is 34.8 Å². The highest BCUT2D eigenvalue weighted by atomic mass is 32.2. The summed E-state index contributed by atoms with van der Waals surface area (Å²) in [6, 6.07) is 14.5. The lowest BCUT2D eigenvalue weighted by Crippen LogP contribution is -2.44. The van der Waals surface area contributed by atoms with Crippen LogP contribution in [0.5, 0.6) is 0 Å². The van der Waals surface area contributed by atoms with Crippen molar-refractivity contribution in [2.45, 2.75) is 32.7 Å². The molecule has 0 saturated carbocycles. The zero-order valence-electron chi connectivity index (χ0n) is 15.5. The lowest BCUT2D eigenvalue weighted by atomic mass is 10.1. The van der Waals surface area contributed by atoms with Crippen LogP contribution in [0.4, 0.5) is 5.69 Å². The van der Waals surface area contributed by atoms with E-state index in [0.29, 0.717) is 12.0 Å². The molecule has 2 rings (SSSR count). The minimum Gasteiger partial charge on any atom is -0.340 e. The van der Waals surface area contributed by atoms with E-state index in [9.17, 15) is 9.59 Å². The maximum absolute atomic E-state index is 12.7. The number of carbonyl (C=O) groups is 2. The molecule has 0 fully saturated rings. The number of nitrogens with one attached hydrogen (secondary N) is 2. The van der Waals surface area contributed by atoms with E-state index in [1.165, 1.54) is 5.56 Å². The molecular formula is C21H26N2O2S. The van der Waals surface area contributed by atoms with E-state index in [1.807, 2.05) is 49.6 Å². The summed E-state index contributed by atoms with van der Waals surface area (Å²) in [4.78, 5) is 25.1. The molecule has 0 radical (unpaired) electrons. The molecule has 4 nitrogen and oxygen atoms in total. The van der Waals surface area contributed by atoms with Gasteiger partial charge in [0, 0.05) is 11.3 Å². The van der Waals surface area contributed by atoms with Gasteiger partial charge in [0.1, 0.15) is 6.04 Å². The molecule has 0 unspecified atom stereocenters. The first-order chi connectivity index (χ1) is 12.5. The Hall–Kier alpha value is -2.27. The molecule has 26 heavy (non-hydrogen) atoms. The zero-order chi connectivity index (χ0) is 18.9. The fourth-order valence-electron chi connectivity index (χ4n) is 2.50. The molecule has 0 aliphatic rings. The van der Waals surface area contributed by atoms with Gasteiger partial charge in [-0.25, -0.2) is 0 Å². The molecule has 2 aromatic carbocycles. The van der Waals surface area contributed by atoms with Crippen LogP contribution in [-0.2, 0) is 11.2 Å². The van der Waals surface area contributed by atoms with Gasteiger partial charge in [-0.3, -0.25) is 9.59 Å². The van der Waals surface area contributed by atoms with Gasteiger partial charge in [0.25, 0.3) is 5.91 Å². The highest BCUT2D eigenvalue weighted by Crippen LogP contribution is 2.12. The number of rotatable bonds is 8. The van der Waals surface area contributed by atoms with Crippen LogP contribution in [0.2, 0.25) is 0 Å². The van der Waals surface area contributed by atoms with Crippen molar-refractivity contribution in [2.75, 3.05) is 17.3 Å². The Bertz CT molecular complexity index is 727. The van der Waals surface area contributed by atoms with Crippen molar-refractivity contribution in [1.82, 2.24) is 5.32 Å². The van der Waals surface area contributed by atoms with Gasteiger partial charge in [-0.15, -0.1) is 0 Å². The van der Waals surface area contributed by atoms with Crippen LogP contribution in [-0.4, -0.2) is 29.9 Å². The van der Waals surface area contributed by atoms with Gasteiger partial charge in [0.15, 0.2) is 0 Å². The topological polar surface area (TPSA) is 58.2 Å². The fourth-order valence-corrected chi connectivity index (χ4v) is 2.98. The zero-order valence-corrected chi connectivity index (χ0v) is 16.4. The van der Waals surface area contributed by atoms with Gasteiger partial charge in [-0.05, 0) is 61.6 Å². The molecule has 2 amide bonds. The Labute approximate surface area is 159 Å². The third kappa shape index (κ3) is 5.92. The summed E-state index contributed by atoms with van der Waals surface area (Å²) in [6.07, 6.45) is 3.52. The van der Waals surface area contributed by atoms with Crippen molar-refractivity contribution >= 4 is 29.3 Å². The highest BCUT2D eigenvalue weighted by molar-refractivity contribution is 7.98. The minimum absolute atomic E-state index is 0.191. The molecule has 0 spiro atoms. The number of thioether (sulfide) groups is 1. The summed E-state index contributed by atoms with van der Waals surface area (Å²) in [5, 5.41) is 5.77. The smallest absolute Gasteiger partial charge is 0.251 e. The average molecular weight is 371 g/mol. The van der Waals surface area contributed by atoms with Crippen molar-refractivity contribution in [3.05, 3.63) is 65.2 Å². The average Bonchev–Trinajstić information content (AvgIpc) is 2.66. The molecule has 5 heteroatoms. The molecular weight excluding hydrogens is 344 g/mol. The lowest BCUT2D eigenvalue weighted by molar-refractivity contribution is -0.118. The van der Waals surface area contributed by atoms with Crippen LogP contribution >= 0.6 is 11.8 Å². The van der Waals surface area contributed by atoms with Gasteiger partial charge in [-0.2, -0.15) is 11.8 Å². The molecule has 2 N–H and O–H groups in total. The number of amides is 2. The summed E-state index contributed by atoms with van der Waals surface area (Å²) in [5.74, 6) is 0.373. The number of aryl methyl sites for hydroxylation is 2. The Morgan fingerprint density at radius 1 is 1.04 bits per heavy atom. The van der Waals surface area contributed by atoms with Gasteiger partial charge in [-0.1, -0.05) is 36.8 Å². The first-order valence-electron chi connectivity index (χ1n) is 8.79. The molecule has 0 aliphatic heterocycles. The molecule has 0 bridgehead atoms. The molecule has 138 valence electrons. The Balaban J connectivity index is 2.05. The molecule has 0 aliphatic carbocycles. The van der Waals surface area contributed by atoms with E-state index >= 15 is 0 Å². The Morgan fingerprint density at radius 2 is 1.69 bits per heavy atom. The molecule has 2 aromatic rings. The second kappa shape index (κ2) is 10.0. The summed E-state index contributed by atoms with van der Waals surface area (Å²) >= 11 is 1.65. The van der Waals surface area contributed by atoms with E-state index in [0.717, 1.165) is 23.4 Å². The Kier molecular flexibility index (Phi) is 7.73. The van der Waals surface area contributed by atoms with E-state index in [2.05, 4.69) is 17.6 Å². The molecule has 0 saturated heterocycles. The van der Waals surface area contributed by atoms with Gasteiger partial charge in [0.05, 0.1) is 0 Å². The van der Waals surface area contributed by atoms with Crippen molar-refractivity contribution < 1.29 is 9.59 Å². The van der Waals surface area contributed by atoms with Crippen molar-refractivity contribution in [2.24, 2.45) is 0 Å². The molecule has 0 aromatic heterocycles. The van der Waals surface area contributed by atoms with Crippen molar-refractivity contribution in [3.8, 4) is 0 Å². The summed E-state index contributed by atoms with van der Waals surface area (Å²) in [5.41, 5.74) is 3.61.